The molecule has 0 aliphatic carbocycles. The van der Waals surface area contributed by atoms with E-state index in [1.165, 1.54) is 24.6 Å². The van der Waals surface area contributed by atoms with Gasteiger partial charge in [0.05, 0.1) is 18.1 Å². The number of aliphatic imine (C=N–C) groups is 1. The van der Waals surface area contributed by atoms with Crippen LogP contribution in [0.25, 0.3) is 4.95 Å². The summed E-state index contributed by atoms with van der Waals surface area (Å²) in [6.45, 7) is 9.06. The second-order valence-corrected chi connectivity index (χ2v) is 7.16. The van der Waals surface area contributed by atoms with E-state index in [9.17, 15) is 9.18 Å². The number of aromatic nitrogens is 1. The largest absolute Gasteiger partial charge is 0.459 e. The number of amides is 1. The van der Waals surface area contributed by atoms with Gasteiger partial charge in [-0.2, -0.15) is 15.9 Å². The standard InChI is InChI=1S/C21H25FN6O2/c1-23-27-21(26-17-7-8-19(22)25-15-17)24-11-3-2-5-16-9-12-28(13-10-16)20(29)18-6-4-14-30-18/h4,6-8,14-16H,2-3,5,9-13H2,(H2,24,26,27). The number of anilines is 1. The summed E-state index contributed by atoms with van der Waals surface area (Å²) in [5, 5.41) is 2.93. The van der Waals surface area contributed by atoms with E-state index in [2.05, 4.69) is 25.7 Å². The van der Waals surface area contributed by atoms with E-state index in [4.69, 9.17) is 11.0 Å². The number of hydrogen-bond acceptors (Lipinski definition) is 4. The third-order valence-corrected chi connectivity index (χ3v) is 5.08. The number of pyridine rings is 1. The van der Waals surface area contributed by atoms with Crippen molar-refractivity contribution >= 4 is 17.6 Å². The van der Waals surface area contributed by atoms with E-state index in [0.29, 0.717) is 29.9 Å². The molecule has 0 aromatic carbocycles. The minimum atomic E-state index is -0.562. The first-order valence-corrected chi connectivity index (χ1v) is 10.0. The summed E-state index contributed by atoms with van der Waals surface area (Å²) in [7, 11) is 0. The number of carbonyl (C=O) groups is 1. The molecule has 0 saturated carbocycles. The Morgan fingerprint density at radius 1 is 1.33 bits per heavy atom. The number of nitrogens with zero attached hydrogens (tertiary/aromatic N) is 4. The number of guanidine groups is 1. The molecule has 1 saturated heterocycles. The fourth-order valence-corrected chi connectivity index (χ4v) is 3.46. The molecule has 9 heteroatoms. The topological polar surface area (TPSA) is 87.1 Å². The molecule has 2 aromatic heterocycles. The number of rotatable bonds is 7. The summed E-state index contributed by atoms with van der Waals surface area (Å²) in [4.78, 5) is 25.2. The van der Waals surface area contributed by atoms with Crippen LogP contribution in [0, 0.1) is 18.4 Å². The van der Waals surface area contributed by atoms with Crippen molar-refractivity contribution in [2.24, 2.45) is 10.9 Å². The average molecular weight is 412 g/mol. The van der Waals surface area contributed by atoms with E-state index in [1.54, 1.807) is 12.1 Å². The summed E-state index contributed by atoms with van der Waals surface area (Å²) in [6, 6.07) is 6.21. The Kier molecular flexibility index (Phi) is 7.78. The molecule has 3 heterocycles. The van der Waals surface area contributed by atoms with Gasteiger partial charge in [0.2, 0.25) is 5.95 Å². The van der Waals surface area contributed by atoms with Gasteiger partial charge in [0.25, 0.3) is 11.9 Å². The van der Waals surface area contributed by atoms with Gasteiger partial charge in [0, 0.05) is 19.6 Å². The van der Waals surface area contributed by atoms with Crippen LogP contribution in [0.2, 0.25) is 0 Å². The van der Waals surface area contributed by atoms with Gasteiger partial charge in [-0.25, -0.2) is 9.98 Å². The zero-order valence-electron chi connectivity index (χ0n) is 16.7. The van der Waals surface area contributed by atoms with Crippen molar-refractivity contribution in [3.8, 4) is 0 Å². The molecule has 2 N–H and O–H groups in total. The third-order valence-electron chi connectivity index (χ3n) is 5.08. The molecule has 0 unspecified atom stereocenters. The van der Waals surface area contributed by atoms with Gasteiger partial charge in [0.15, 0.2) is 5.76 Å². The summed E-state index contributed by atoms with van der Waals surface area (Å²) >= 11 is 0. The molecule has 3 rings (SSSR count). The maximum atomic E-state index is 12.9. The van der Waals surface area contributed by atoms with Crippen LogP contribution in [-0.4, -0.2) is 41.4 Å². The van der Waals surface area contributed by atoms with E-state index in [-0.39, 0.29) is 5.91 Å². The van der Waals surface area contributed by atoms with Crippen molar-refractivity contribution in [2.75, 3.05) is 25.0 Å². The van der Waals surface area contributed by atoms with Crippen LogP contribution < -0.4 is 10.7 Å². The number of halogens is 1. The predicted molar refractivity (Wildman–Crippen MR) is 111 cm³/mol. The highest BCUT2D eigenvalue weighted by Crippen LogP contribution is 2.23. The van der Waals surface area contributed by atoms with Crippen LogP contribution in [0.1, 0.15) is 42.7 Å². The second-order valence-electron chi connectivity index (χ2n) is 7.16. The number of hydrogen-bond donors (Lipinski definition) is 2. The van der Waals surface area contributed by atoms with Gasteiger partial charge >= 0.3 is 0 Å². The third kappa shape index (κ3) is 6.30. The SMILES string of the molecule is [C-]#[N+]NC(=NCCCCC1CCN(C(=O)c2ccco2)CC1)Nc1ccc(F)nc1. The van der Waals surface area contributed by atoms with Crippen molar-refractivity contribution in [1.82, 2.24) is 15.3 Å². The molecule has 1 aliphatic rings. The molecule has 1 aliphatic heterocycles. The fourth-order valence-electron chi connectivity index (χ4n) is 3.46. The Morgan fingerprint density at radius 3 is 2.83 bits per heavy atom. The van der Waals surface area contributed by atoms with Crippen molar-refractivity contribution in [1.29, 1.82) is 0 Å². The fraction of sp³-hybridized carbons (Fsp3) is 0.429. The molecule has 0 bridgehead atoms. The molecule has 1 fully saturated rings. The molecule has 0 atom stereocenters. The van der Waals surface area contributed by atoms with E-state index in [0.717, 1.165) is 45.2 Å². The molecule has 2 aromatic rings. The smallest absolute Gasteiger partial charge is 0.289 e. The average Bonchev–Trinajstić information content (AvgIpc) is 3.30. The first kappa shape index (κ1) is 21.3. The Bertz CT molecular complexity index is 868. The number of piperidine rings is 1. The highest BCUT2D eigenvalue weighted by molar-refractivity contribution is 5.93. The number of unbranched alkanes of at least 4 members (excludes halogenated alkanes) is 1. The van der Waals surface area contributed by atoms with Gasteiger partial charge < -0.3 is 14.6 Å². The molecule has 1 amide bonds. The lowest BCUT2D eigenvalue weighted by Crippen LogP contribution is -2.38. The van der Waals surface area contributed by atoms with E-state index in [1.807, 2.05) is 4.90 Å². The van der Waals surface area contributed by atoms with Crippen LogP contribution >= 0.6 is 0 Å². The highest BCUT2D eigenvalue weighted by atomic mass is 19.1. The quantitative estimate of drug-likeness (QED) is 0.181. The maximum absolute atomic E-state index is 12.9. The van der Waals surface area contributed by atoms with Crippen molar-refractivity contribution in [3.63, 3.8) is 0 Å². The molecular formula is C21H25FN6O2. The van der Waals surface area contributed by atoms with Crippen LogP contribution in [0.15, 0.2) is 46.1 Å². The second kappa shape index (κ2) is 11.0. The van der Waals surface area contributed by atoms with Crippen LogP contribution in [0.4, 0.5) is 10.1 Å². The summed E-state index contributed by atoms with van der Waals surface area (Å²) < 4.78 is 18.1. The molecular weight excluding hydrogens is 387 g/mol. The van der Waals surface area contributed by atoms with E-state index >= 15 is 0 Å². The Hall–Kier alpha value is -3.41. The van der Waals surface area contributed by atoms with Crippen molar-refractivity contribution < 1.29 is 13.6 Å². The highest BCUT2D eigenvalue weighted by Gasteiger charge is 2.24. The monoisotopic (exact) mass is 412 g/mol. The van der Waals surface area contributed by atoms with Gasteiger partial charge in [-0.3, -0.25) is 4.79 Å². The lowest BCUT2D eigenvalue weighted by atomic mass is 9.91. The van der Waals surface area contributed by atoms with Gasteiger partial charge in [-0.1, -0.05) is 18.3 Å². The minimum Gasteiger partial charge on any atom is -0.459 e. The van der Waals surface area contributed by atoms with Crippen LogP contribution in [0.5, 0.6) is 0 Å². The van der Waals surface area contributed by atoms with Crippen LogP contribution in [0.3, 0.4) is 0 Å². The molecule has 0 radical (unpaired) electrons. The summed E-state index contributed by atoms with van der Waals surface area (Å²) in [5.41, 5.74) is 3.03. The molecule has 8 nitrogen and oxygen atoms in total. The normalized spacial score (nSPS) is 14.9. The zero-order chi connectivity index (χ0) is 21.2. The number of nitrogens with one attached hydrogen (secondary N) is 2. The molecule has 158 valence electrons. The minimum absolute atomic E-state index is 0.0310. The number of carbonyl (C=O) groups excluding carboxylic acids is 1. The summed E-state index contributed by atoms with van der Waals surface area (Å²) in [5.74, 6) is 0.743. The van der Waals surface area contributed by atoms with E-state index < -0.39 is 5.95 Å². The maximum Gasteiger partial charge on any atom is 0.289 e. The summed E-state index contributed by atoms with van der Waals surface area (Å²) in [6.07, 6.45) is 7.90. The first-order chi connectivity index (χ1) is 14.7. The number of furan rings is 1. The zero-order valence-corrected chi connectivity index (χ0v) is 16.7. The lowest BCUT2D eigenvalue weighted by molar-refractivity contribution is 0.0654. The lowest BCUT2D eigenvalue weighted by Gasteiger charge is -2.31. The van der Waals surface area contributed by atoms with Gasteiger partial charge in [-0.05, 0) is 49.4 Å². The predicted octanol–water partition coefficient (Wildman–Crippen LogP) is 3.73. The molecule has 30 heavy (non-hydrogen) atoms. The first-order valence-electron chi connectivity index (χ1n) is 10.0. The Balaban J connectivity index is 1.35. The van der Waals surface area contributed by atoms with Crippen molar-refractivity contribution in [3.05, 3.63) is 60.0 Å². The Labute approximate surface area is 175 Å². The molecule has 0 spiro atoms. The van der Waals surface area contributed by atoms with Crippen molar-refractivity contribution in [2.45, 2.75) is 32.1 Å². The number of likely N-dealkylation sites (tertiary alicyclic amines) is 1. The Morgan fingerprint density at radius 2 is 2.17 bits per heavy atom. The van der Waals surface area contributed by atoms with Gasteiger partial charge in [0.1, 0.15) is 0 Å². The van der Waals surface area contributed by atoms with Gasteiger partial charge in [-0.15, -0.1) is 0 Å². The van der Waals surface area contributed by atoms with Crippen LogP contribution in [-0.2, 0) is 0 Å².